The molecule has 2 bridgehead atoms. The van der Waals surface area contributed by atoms with E-state index in [9.17, 15) is 0 Å². The van der Waals surface area contributed by atoms with Crippen molar-refractivity contribution < 1.29 is 0 Å². The standard InChI is InChI=1S/C18H29N3/c1-4-7-19-18(16-12-14(2)5-6-15(16)3)17-13-20-8-10-21(17)11-9-20/h5-6,12,17-19H,4,7-11,13H2,1-3H3. The average Bonchev–Trinajstić information content (AvgIpc) is 2.52. The third-order valence-electron chi connectivity index (χ3n) is 5.09. The lowest BCUT2D eigenvalue weighted by Gasteiger charge is -2.50. The van der Waals surface area contributed by atoms with Crippen LogP contribution in [0.2, 0.25) is 0 Å². The molecule has 3 nitrogen and oxygen atoms in total. The monoisotopic (exact) mass is 287 g/mol. The van der Waals surface area contributed by atoms with Crippen LogP contribution in [-0.4, -0.2) is 55.1 Å². The molecule has 1 aromatic rings. The van der Waals surface area contributed by atoms with Crippen molar-refractivity contribution in [1.82, 2.24) is 15.1 Å². The smallest absolute Gasteiger partial charge is 0.0493 e. The Hall–Kier alpha value is -0.900. The second-order valence-electron chi connectivity index (χ2n) is 6.70. The van der Waals surface area contributed by atoms with Crippen LogP contribution in [-0.2, 0) is 0 Å². The van der Waals surface area contributed by atoms with E-state index in [0.717, 1.165) is 6.54 Å². The van der Waals surface area contributed by atoms with Crippen molar-refractivity contribution in [2.45, 2.75) is 39.3 Å². The molecule has 3 heteroatoms. The van der Waals surface area contributed by atoms with Crippen LogP contribution < -0.4 is 5.32 Å². The van der Waals surface area contributed by atoms with Gasteiger partial charge in [-0.1, -0.05) is 30.7 Å². The van der Waals surface area contributed by atoms with Crippen LogP contribution in [0.1, 0.15) is 36.1 Å². The lowest BCUT2D eigenvalue weighted by Crippen LogP contribution is -2.64. The van der Waals surface area contributed by atoms with E-state index < -0.39 is 0 Å². The Kier molecular flexibility index (Phi) is 4.63. The first-order chi connectivity index (χ1) is 10.2. The van der Waals surface area contributed by atoms with Gasteiger partial charge in [0.1, 0.15) is 0 Å². The molecule has 0 radical (unpaired) electrons. The van der Waals surface area contributed by atoms with Gasteiger partial charge in [-0.3, -0.25) is 9.80 Å². The number of nitrogens with one attached hydrogen (secondary N) is 1. The molecule has 2 unspecified atom stereocenters. The Morgan fingerprint density at radius 2 is 1.95 bits per heavy atom. The van der Waals surface area contributed by atoms with E-state index in [-0.39, 0.29) is 0 Å². The Bertz CT molecular complexity index is 477. The predicted octanol–water partition coefficient (Wildman–Crippen LogP) is 2.34. The Morgan fingerprint density at radius 1 is 1.19 bits per heavy atom. The maximum atomic E-state index is 3.84. The van der Waals surface area contributed by atoms with Gasteiger partial charge in [0.25, 0.3) is 0 Å². The molecule has 3 saturated heterocycles. The molecule has 0 aliphatic carbocycles. The number of piperazine rings is 3. The fourth-order valence-electron chi connectivity index (χ4n) is 3.82. The Morgan fingerprint density at radius 3 is 2.57 bits per heavy atom. The molecule has 3 aliphatic heterocycles. The van der Waals surface area contributed by atoms with E-state index >= 15 is 0 Å². The van der Waals surface area contributed by atoms with Crippen LogP contribution >= 0.6 is 0 Å². The molecule has 0 saturated carbocycles. The molecular weight excluding hydrogens is 258 g/mol. The van der Waals surface area contributed by atoms with E-state index in [0.29, 0.717) is 12.1 Å². The highest BCUT2D eigenvalue weighted by Crippen LogP contribution is 2.29. The lowest BCUT2D eigenvalue weighted by molar-refractivity contribution is -0.00374. The van der Waals surface area contributed by atoms with Gasteiger partial charge in [0.15, 0.2) is 0 Å². The van der Waals surface area contributed by atoms with Crippen molar-refractivity contribution in [2.75, 3.05) is 39.3 Å². The van der Waals surface area contributed by atoms with Crippen molar-refractivity contribution in [1.29, 1.82) is 0 Å². The summed E-state index contributed by atoms with van der Waals surface area (Å²) < 4.78 is 0. The summed E-state index contributed by atoms with van der Waals surface area (Å²) in [6.45, 7) is 14.0. The number of fused-ring (bicyclic) bond motifs is 3. The van der Waals surface area contributed by atoms with Gasteiger partial charge in [0.05, 0.1) is 0 Å². The molecule has 0 spiro atoms. The summed E-state index contributed by atoms with van der Waals surface area (Å²) in [5.41, 5.74) is 4.30. The lowest BCUT2D eigenvalue weighted by atomic mass is 9.90. The molecule has 1 N–H and O–H groups in total. The molecule has 0 amide bonds. The van der Waals surface area contributed by atoms with Crippen molar-refractivity contribution in [3.63, 3.8) is 0 Å². The maximum Gasteiger partial charge on any atom is 0.0493 e. The van der Waals surface area contributed by atoms with Gasteiger partial charge in [-0.2, -0.15) is 0 Å². The van der Waals surface area contributed by atoms with Gasteiger partial charge in [-0.25, -0.2) is 0 Å². The van der Waals surface area contributed by atoms with E-state index in [2.05, 4.69) is 54.1 Å². The second kappa shape index (κ2) is 6.47. The van der Waals surface area contributed by atoms with E-state index in [1.54, 1.807) is 0 Å². The van der Waals surface area contributed by atoms with Crippen molar-refractivity contribution in [3.8, 4) is 0 Å². The Labute approximate surface area is 129 Å². The van der Waals surface area contributed by atoms with Gasteiger partial charge in [-0.15, -0.1) is 0 Å². The first kappa shape index (κ1) is 15.0. The molecule has 2 atom stereocenters. The highest BCUT2D eigenvalue weighted by atomic mass is 15.4. The van der Waals surface area contributed by atoms with Crippen LogP contribution in [0.3, 0.4) is 0 Å². The fraction of sp³-hybridized carbons (Fsp3) is 0.667. The topological polar surface area (TPSA) is 18.5 Å². The normalized spacial score (nSPS) is 29.6. The van der Waals surface area contributed by atoms with E-state index in [1.807, 2.05) is 0 Å². The zero-order chi connectivity index (χ0) is 14.8. The van der Waals surface area contributed by atoms with Gasteiger partial charge in [0.2, 0.25) is 0 Å². The molecule has 3 fully saturated rings. The van der Waals surface area contributed by atoms with Gasteiger partial charge >= 0.3 is 0 Å². The van der Waals surface area contributed by atoms with Crippen molar-refractivity contribution in [3.05, 3.63) is 34.9 Å². The minimum absolute atomic E-state index is 0.466. The molecule has 116 valence electrons. The third kappa shape index (κ3) is 3.15. The van der Waals surface area contributed by atoms with Crippen LogP contribution in [0.4, 0.5) is 0 Å². The second-order valence-corrected chi connectivity index (χ2v) is 6.70. The highest BCUT2D eigenvalue weighted by molar-refractivity contribution is 5.34. The summed E-state index contributed by atoms with van der Waals surface area (Å²) in [6, 6.07) is 7.99. The number of aryl methyl sites for hydroxylation is 2. The molecule has 3 aliphatic rings. The first-order valence-corrected chi connectivity index (χ1v) is 8.46. The van der Waals surface area contributed by atoms with Gasteiger partial charge in [-0.05, 0) is 37.9 Å². The number of hydrogen-bond acceptors (Lipinski definition) is 3. The molecular formula is C18H29N3. The summed E-state index contributed by atoms with van der Waals surface area (Å²) in [6.07, 6.45) is 1.19. The maximum absolute atomic E-state index is 3.84. The van der Waals surface area contributed by atoms with Gasteiger partial charge in [0, 0.05) is 44.8 Å². The molecule has 4 rings (SSSR count). The number of benzene rings is 1. The van der Waals surface area contributed by atoms with E-state index in [4.69, 9.17) is 0 Å². The molecule has 0 aromatic heterocycles. The summed E-state index contributed by atoms with van der Waals surface area (Å²) >= 11 is 0. The fourth-order valence-corrected chi connectivity index (χ4v) is 3.82. The summed E-state index contributed by atoms with van der Waals surface area (Å²) in [5, 5.41) is 3.84. The summed E-state index contributed by atoms with van der Waals surface area (Å²) in [4.78, 5) is 5.34. The van der Waals surface area contributed by atoms with Crippen LogP contribution in [0.5, 0.6) is 0 Å². The highest BCUT2D eigenvalue weighted by Gasteiger charge is 2.37. The molecule has 21 heavy (non-hydrogen) atoms. The number of nitrogens with zero attached hydrogens (tertiary/aromatic N) is 2. The number of hydrogen-bond donors (Lipinski definition) is 1. The van der Waals surface area contributed by atoms with Crippen LogP contribution in [0, 0.1) is 13.8 Å². The van der Waals surface area contributed by atoms with E-state index in [1.165, 1.54) is 55.8 Å². The van der Waals surface area contributed by atoms with Crippen molar-refractivity contribution in [2.24, 2.45) is 0 Å². The predicted molar refractivity (Wildman–Crippen MR) is 88.8 cm³/mol. The quantitative estimate of drug-likeness (QED) is 0.897. The zero-order valence-corrected chi connectivity index (χ0v) is 13.7. The first-order valence-electron chi connectivity index (χ1n) is 8.46. The zero-order valence-electron chi connectivity index (χ0n) is 13.7. The minimum atomic E-state index is 0.466. The summed E-state index contributed by atoms with van der Waals surface area (Å²) in [5.74, 6) is 0. The van der Waals surface area contributed by atoms with Gasteiger partial charge < -0.3 is 5.32 Å². The molecule has 1 aromatic carbocycles. The minimum Gasteiger partial charge on any atom is -0.309 e. The SMILES string of the molecule is CCCNC(c1cc(C)ccc1C)C1CN2CCN1CC2. The third-order valence-corrected chi connectivity index (χ3v) is 5.09. The van der Waals surface area contributed by atoms with Crippen LogP contribution in [0.25, 0.3) is 0 Å². The van der Waals surface area contributed by atoms with Crippen LogP contribution in [0.15, 0.2) is 18.2 Å². The molecule has 3 heterocycles. The summed E-state index contributed by atoms with van der Waals surface area (Å²) in [7, 11) is 0. The average molecular weight is 287 g/mol. The number of rotatable bonds is 5. The van der Waals surface area contributed by atoms with Crippen molar-refractivity contribution >= 4 is 0 Å². The largest absolute Gasteiger partial charge is 0.309 e. The Balaban J connectivity index is 1.88.